The van der Waals surface area contributed by atoms with Crippen molar-refractivity contribution in [3.63, 3.8) is 0 Å². The summed E-state index contributed by atoms with van der Waals surface area (Å²) in [6.45, 7) is 4.70. The number of fused-ring (bicyclic) bond motifs is 23. The van der Waals surface area contributed by atoms with Crippen molar-refractivity contribution in [3.05, 3.63) is 460 Å². The minimum absolute atomic E-state index is 0.130. The van der Waals surface area contributed by atoms with E-state index in [4.69, 9.17) is 17.7 Å². The van der Waals surface area contributed by atoms with Gasteiger partial charge in [-0.2, -0.15) is 0 Å². The van der Waals surface area contributed by atoms with E-state index in [0.29, 0.717) is 0 Å². The third-order valence-corrected chi connectivity index (χ3v) is 27.2. The van der Waals surface area contributed by atoms with Gasteiger partial charge in [0.25, 0.3) is 0 Å². The van der Waals surface area contributed by atoms with E-state index in [1.165, 1.54) is 77.2 Å². The predicted octanol–water partition coefficient (Wildman–Crippen LogP) is 34.7. The monoisotopic (exact) mass is 1680 g/mol. The van der Waals surface area contributed by atoms with Crippen LogP contribution in [0.1, 0.15) is 25.0 Å². The lowest BCUT2D eigenvalue weighted by molar-refractivity contribution is 0.660. The molecule has 27 rings (SSSR count). The first-order valence-corrected chi connectivity index (χ1v) is 44.8. The quantitative estimate of drug-likeness (QED) is 0.115. The number of hydrogen-bond donors (Lipinski definition) is 0. The van der Waals surface area contributed by atoms with E-state index in [2.05, 4.69) is 457 Å². The van der Waals surface area contributed by atoms with Crippen molar-refractivity contribution in [2.45, 2.75) is 19.3 Å². The Morgan fingerprint density at radius 3 is 0.916 bits per heavy atom. The summed E-state index contributed by atoms with van der Waals surface area (Å²) in [7, 11) is 0. The number of furan rings is 4. The number of aromatic nitrogens is 2. The average molecular weight is 1680 g/mol. The zero-order chi connectivity index (χ0) is 86.5. The SMILES string of the molecule is CC1(C)c2ccccc2-c2ccc(N(c3ccc(-c4ccccc4)cc3)c3ccc(-c4cc5c6ccccc6n(-c6ccc7oc8ccccc8c7c6)c5c5c4oc4ccccc45)cc3)cc21.c1ccc(-c2ccc(N(c3ccc(-c4ccccc4)cc3)c3ccc(-c4cc5c6ccccc6n(-c6ccc7oc8ccccc8c7c6)c5c5c4oc4ccccc45)cc3)cc2)cc1. The highest BCUT2D eigenvalue weighted by atomic mass is 16.3. The fraction of sp³-hybridized carbons (Fsp3) is 0.0244. The van der Waals surface area contributed by atoms with E-state index >= 15 is 0 Å². The Kier molecular flexibility index (Phi) is 17.2. The number of anilines is 6. The van der Waals surface area contributed by atoms with Crippen LogP contribution in [0.25, 0.3) is 210 Å². The maximum Gasteiger partial charge on any atom is 0.145 e. The molecule has 131 heavy (non-hydrogen) atoms. The highest BCUT2D eigenvalue weighted by molar-refractivity contribution is 6.29. The molecule has 0 aliphatic heterocycles. The fourth-order valence-corrected chi connectivity index (χ4v) is 21.0. The second-order valence-electron chi connectivity index (χ2n) is 34.9. The standard InChI is InChI=1S/C63H42N2O2.C60H38N2O2/c1-63(2)54-20-10-6-16-46(54)47-34-32-45(37-55(47)63)64(42-28-24-40(25-29-42)39-14-4-3-5-15-39)43-30-26-41(27-31-43)51-38-53-48-17-7-11-21-56(48)65(61(53)60-50-19-9-13-23-58(50)67-62(51)60)44-33-35-59-52(36-44)49-18-8-12-22-57(49)66-59;1-3-13-39(14-4-1)41-23-29-44(30-24-41)61(45-31-25-42(26-32-45)40-15-5-2-6-16-40)46-33-27-43(28-34-46)51-38-53-48-17-7-10-20-54(48)62(59(53)58-50-19-9-12-22-56(50)64-60(51)58)47-35-36-57-52(37-47)49-18-8-11-21-55(49)63-57/h3-38H,1-2H3;1-38H. The molecule has 0 N–H and O–H groups in total. The van der Waals surface area contributed by atoms with Gasteiger partial charge in [-0.25, -0.2) is 0 Å². The van der Waals surface area contributed by atoms with Crippen LogP contribution in [-0.2, 0) is 5.41 Å². The van der Waals surface area contributed by atoms with Crippen LogP contribution in [0.2, 0.25) is 0 Å². The highest BCUT2D eigenvalue weighted by Crippen LogP contribution is 2.54. The molecule has 0 radical (unpaired) electrons. The van der Waals surface area contributed by atoms with Gasteiger partial charge >= 0.3 is 0 Å². The Morgan fingerprint density at radius 2 is 0.504 bits per heavy atom. The predicted molar refractivity (Wildman–Crippen MR) is 545 cm³/mol. The van der Waals surface area contributed by atoms with Crippen LogP contribution >= 0.6 is 0 Å². The lowest BCUT2D eigenvalue weighted by Crippen LogP contribution is -2.16. The number of benzene rings is 20. The summed E-state index contributed by atoms with van der Waals surface area (Å²) < 4.78 is 31.3. The number of hydrogen-bond acceptors (Lipinski definition) is 6. The minimum atomic E-state index is -0.130. The normalized spacial score (nSPS) is 12.4. The summed E-state index contributed by atoms with van der Waals surface area (Å²) in [6.07, 6.45) is 0. The van der Waals surface area contributed by atoms with E-state index in [-0.39, 0.29) is 5.41 Å². The molecule has 0 atom stereocenters. The van der Waals surface area contributed by atoms with Crippen molar-refractivity contribution in [2.75, 3.05) is 9.80 Å². The smallest absolute Gasteiger partial charge is 0.145 e. The number of nitrogens with zero attached hydrogens (tertiary/aromatic N) is 4. The van der Waals surface area contributed by atoms with Crippen LogP contribution in [0, 0.1) is 0 Å². The molecule has 0 saturated carbocycles. The Morgan fingerprint density at radius 1 is 0.198 bits per heavy atom. The fourth-order valence-electron chi connectivity index (χ4n) is 21.0. The summed E-state index contributed by atoms with van der Waals surface area (Å²) in [5, 5.41) is 13.5. The van der Waals surface area contributed by atoms with E-state index in [0.717, 1.165) is 178 Å². The molecule has 6 heterocycles. The van der Waals surface area contributed by atoms with Crippen molar-refractivity contribution in [3.8, 4) is 78.1 Å². The number of para-hydroxylation sites is 6. The van der Waals surface area contributed by atoms with Crippen LogP contribution in [0.3, 0.4) is 0 Å². The molecule has 0 bridgehead atoms. The summed E-state index contributed by atoms with van der Waals surface area (Å²) in [4.78, 5) is 4.73. The molecule has 26 aromatic rings. The molecule has 1 aliphatic carbocycles. The molecule has 0 spiro atoms. The molecule has 6 aromatic heterocycles. The third-order valence-electron chi connectivity index (χ3n) is 27.2. The molecule has 8 heteroatoms. The zero-order valence-corrected chi connectivity index (χ0v) is 71.6. The topological polar surface area (TPSA) is 68.9 Å². The van der Waals surface area contributed by atoms with E-state index in [1.807, 2.05) is 24.3 Å². The first kappa shape index (κ1) is 75.2. The van der Waals surface area contributed by atoms with Gasteiger partial charge in [-0.3, -0.25) is 0 Å². The molecule has 0 saturated heterocycles. The molecule has 20 aromatic carbocycles. The summed E-state index contributed by atoms with van der Waals surface area (Å²) in [6, 6.07) is 161. The lowest BCUT2D eigenvalue weighted by atomic mass is 9.82. The first-order chi connectivity index (χ1) is 64.7. The van der Waals surface area contributed by atoms with Gasteiger partial charge in [-0.15, -0.1) is 0 Å². The highest BCUT2D eigenvalue weighted by Gasteiger charge is 2.36. The Bertz CT molecular complexity index is 8940. The second kappa shape index (κ2) is 30.0. The van der Waals surface area contributed by atoms with Gasteiger partial charge < -0.3 is 36.6 Å². The maximum atomic E-state index is 6.96. The van der Waals surface area contributed by atoms with Crippen molar-refractivity contribution in [1.29, 1.82) is 0 Å². The van der Waals surface area contributed by atoms with Gasteiger partial charge in [0.15, 0.2) is 0 Å². The van der Waals surface area contributed by atoms with Crippen LogP contribution in [0.15, 0.2) is 467 Å². The Labute approximate surface area is 754 Å². The Hall–Kier alpha value is -17.2. The van der Waals surface area contributed by atoms with Gasteiger partial charge in [-0.1, -0.05) is 305 Å². The second-order valence-corrected chi connectivity index (χ2v) is 34.9. The zero-order valence-electron chi connectivity index (χ0n) is 71.6. The maximum absolute atomic E-state index is 6.96. The molecular weight excluding hydrogens is 1600 g/mol. The summed E-state index contributed by atoms with van der Waals surface area (Å²) in [5.74, 6) is 0. The summed E-state index contributed by atoms with van der Waals surface area (Å²) >= 11 is 0. The molecule has 0 unspecified atom stereocenters. The largest absolute Gasteiger partial charge is 0.456 e. The summed E-state index contributed by atoms with van der Waals surface area (Å²) in [5.41, 5.74) is 36.8. The van der Waals surface area contributed by atoms with Gasteiger partial charge in [0.2, 0.25) is 0 Å². The van der Waals surface area contributed by atoms with Gasteiger partial charge in [0, 0.05) is 116 Å². The molecule has 616 valence electrons. The van der Waals surface area contributed by atoms with Crippen molar-refractivity contribution >= 4 is 165 Å². The van der Waals surface area contributed by atoms with Crippen molar-refractivity contribution in [2.24, 2.45) is 0 Å². The lowest BCUT2D eigenvalue weighted by Gasteiger charge is -2.28. The van der Waals surface area contributed by atoms with Gasteiger partial charge in [0.05, 0.1) is 32.8 Å². The van der Waals surface area contributed by atoms with Crippen LogP contribution in [-0.4, -0.2) is 9.13 Å². The van der Waals surface area contributed by atoms with Crippen LogP contribution in [0.5, 0.6) is 0 Å². The van der Waals surface area contributed by atoms with Crippen LogP contribution < -0.4 is 9.80 Å². The molecule has 0 fully saturated rings. The van der Waals surface area contributed by atoms with E-state index in [1.54, 1.807) is 0 Å². The Balaban J connectivity index is 0.000000138. The van der Waals surface area contributed by atoms with E-state index < -0.39 is 0 Å². The van der Waals surface area contributed by atoms with Gasteiger partial charge in [0.1, 0.15) is 44.7 Å². The van der Waals surface area contributed by atoms with Crippen LogP contribution in [0.4, 0.5) is 34.1 Å². The molecular formula is C123H80N4O4. The van der Waals surface area contributed by atoms with Gasteiger partial charge in [-0.05, 0) is 224 Å². The third kappa shape index (κ3) is 12.2. The first-order valence-electron chi connectivity index (χ1n) is 44.8. The molecule has 0 amide bonds. The molecule has 1 aliphatic rings. The minimum Gasteiger partial charge on any atom is -0.456 e. The average Bonchev–Trinajstić information content (AvgIpc) is 1.55. The van der Waals surface area contributed by atoms with Crippen molar-refractivity contribution < 1.29 is 17.7 Å². The van der Waals surface area contributed by atoms with Crippen molar-refractivity contribution in [1.82, 2.24) is 9.13 Å². The number of rotatable bonds is 13. The molecule has 8 nitrogen and oxygen atoms in total. The van der Waals surface area contributed by atoms with E-state index in [9.17, 15) is 0 Å².